The van der Waals surface area contributed by atoms with Crippen molar-refractivity contribution in [3.63, 3.8) is 0 Å². The zero-order valence-electron chi connectivity index (χ0n) is 24.5. The molecule has 0 amide bonds. The van der Waals surface area contributed by atoms with Crippen molar-refractivity contribution in [2.75, 3.05) is 41.4 Å². The van der Waals surface area contributed by atoms with E-state index in [4.69, 9.17) is 19.4 Å². The molecule has 6 nitrogen and oxygen atoms in total. The van der Waals surface area contributed by atoms with Crippen molar-refractivity contribution in [3.8, 4) is 0 Å². The average Bonchev–Trinajstić information content (AvgIpc) is 3.31. The molecule has 0 aromatic heterocycles. The fourth-order valence-corrected chi connectivity index (χ4v) is 7.22. The standard InChI is InChI=1S/C21H27N2.C10H12N2O2.2ClH.Ru/c1-14-9-16(3)20(17(4)10-14)22-7-8-23(13-22)21-18(5)11-15(2)12-19(21)6;1-4-11(3)10-6-5-9(12(13)14)7-8(10)2;;;/h9-13H,7-8H2,1-6H3;2,5-7H,4H2,1,3H3;2*1H;/q-1;;;;+2/p-2. The van der Waals surface area contributed by atoms with Crippen LogP contribution in [0.2, 0.25) is 0 Å². The van der Waals surface area contributed by atoms with E-state index in [1.165, 1.54) is 56.9 Å². The number of aryl methyl sites for hydroxylation is 6. The summed E-state index contributed by atoms with van der Waals surface area (Å²) in [4.78, 5) is 17.1. The Morgan fingerprint density at radius 3 is 1.73 bits per heavy atom. The van der Waals surface area contributed by atoms with E-state index in [0.29, 0.717) is 0 Å². The molecule has 9 heteroatoms. The van der Waals surface area contributed by atoms with Gasteiger partial charge in [0.05, 0.1) is 0 Å². The number of nitrogens with zero attached hydrogens (tertiary/aromatic N) is 4. The van der Waals surface area contributed by atoms with Crippen LogP contribution in [0.5, 0.6) is 0 Å². The van der Waals surface area contributed by atoms with Gasteiger partial charge in [0.1, 0.15) is 0 Å². The molecule has 0 unspecified atom stereocenters. The first-order chi connectivity index (χ1) is 18.8. The summed E-state index contributed by atoms with van der Waals surface area (Å²) < 4.78 is 1.72. The summed E-state index contributed by atoms with van der Waals surface area (Å²) in [6.07, 6.45) is 0. The van der Waals surface area contributed by atoms with E-state index in [2.05, 4.69) is 82.3 Å². The number of hydrogen-bond acceptors (Lipinski definition) is 5. The van der Waals surface area contributed by atoms with Crippen molar-refractivity contribution in [1.29, 1.82) is 0 Å². The summed E-state index contributed by atoms with van der Waals surface area (Å²) in [5.74, 6) is 0. The van der Waals surface area contributed by atoms with Crippen LogP contribution in [0.3, 0.4) is 0 Å². The zero-order chi connectivity index (χ0) is 29.7. The molecule has 0 spiro atoms. The molecule has 3 aromatic carbocycles. The van der Waals surface area contributed by atoms with Crippen molar-refractivity contribution in [3.05, 3.63) is 98.2 Å². The Kier molecular flexibility index (Phi) is 11.2. The Balaban J connectivity index is 0.000000232. The minimum absolute atomic E-state index is 0.0493. The van der Waals surface area contributed by atoms with E-state index in [-0.39, 0.29) is 5.69 Å². The topological polar surface area (TPSA) is 52.9 Å². The van der Waals surface area contributed by atoms with Crippen molar-refractivity contribution in [2.24, 2.45) is 0 Å². The minimum atomic E-state index is -2.00. The van der Waals surface area contributed by atoms with Crippen LogP contribution < -0.4 is 14.7 Å². The number of hydrogen-bond donors (Lipinski definition) is 0. The van der Waals surface area contributed by atoms with Gasteiger partial charge in [-0.1, -0.05) is 35.4 Å². The Morgan fingerprint density at radius 2 is 1.35 bits per heavy atom. The van der Waals surface area contributed by atoms with Crippen LogP contribution in [0.1, 0.15) is 45.9 Å². The van der Waals surface area contributed by atoms with E-state index in [0.717, 1.165) is 30.9 Å². The SMILES string of the molecule is CCN(C)c1ccc([N+](=O)[O-])cc1[CH]=[Ru]([Cl])[Cl].Cc1cc(C)c(N2[CH-]N(c3c(C)cc(C)cc3C)CC2)c(C)c1. The van der Waals surface area contributed by atoms with Crippen LogP contribution >= 0.6 is 19.4 Å². The van der Waals surface area contributed by atoms with E-state index in [9.17, 15) is 10.1 Å². The fraction of sp³-hybridized carbons (Fsp3) is 0.355. The van der Waals surface area contributed by atoms with Crippen molar-refractivity contribution in [1.82, 2.24) is 0 Å². The minimum Gasteiger partial charge on any atom is -0.502 e. The van der Waals surface area contributed by atoms with Crippen LogP contribution in [0.4, 0.5) is 22.7 Å². The molecule has 1 aliphatic rings. The van der Waals surface area contributed by atoms with Crippen molar-refractivity contribution in [2.45, 2.75) is 48.5 Å². The van der Waals surface area contributed by atoms with Gasteiger partial charge < -0.3 is 9.80 Å². The summed E-state index contributed by atoms with van der Waals surface area (Å²) in [6.45, 7) is 20.4. The van der Waals surface area contributed by atoms with Gasteiger partial charge in [0.15, 0.2) is 0 Å². The number of nitro groups is 1. The normalized spacial score (nSPS) is 13.1. The van der Waals surface area contributed by atoms with Crippen LogP contribution in [0.15, 0.2) is 42.5 Å². The maximum atomic E-state index is 10.7. The summed E-state index contributed by atoms with van der Waals surface area (Å²) >= 11 is -2.00. The summed E-state index contributed by atoms with van der Waals surface area (Å²) in [7, 11) is 13.6. The molecular weight excluding hydrogens is 632 g/mol. The molecule has 0 N–H and O–H groups in total. The largest absolute Gasteiger partial charge is 0.502 e. The van der Waals surface area contributed by atoms with Gasteiger partial charge in [0.2, 0.25) is 0 Å². The van der Waals surface area contributed by atoms with Gasteiger partial charge in [-0.05, 0) is 63.8 Å². The molecule has 1 fully saturated rings. The molecule has 0 aliphatic carbocycles. The number of nitro benzene ring substituents is 1. The van der Waals surface area contributed by atoms with Gasteiger partial charge in [-0.15, -0.1) is 0 Å². The summed E-state index contributed by atoms with van der Waals surface area (Å²) in [5, 5.41) is 10.7. The molecule has 1 aliphatic heterocycles. The van der Waals surface area contributed by atoms with Gasteiger partial charge in [-0.2, -0.15) is 6.67 Å². The van der Waals surface area contributed by atoms with E-state index in [1.807, 2.05) is 18.9 Å². The van der Waals surface area contributed by atoms with Crippen molar-refractivity contribution < 1.29 is 18.4 Å². The van der Waals surface area contributed by atoms with Gasteiger partial charge in [-0.3, -0.25) is 0 Å². The summed E-state index contributed by atoms with van der Waals surface area (Å²) in [5.41, 5.74) is 12.5. The van der Waals surface area contributed by atoms with Gasteiger partial charge >= 0.3 is 113 Å². The van der Waals surface area contributed by atoms with Crippen LogP contribution in [0.25, 0.3) is 0 Å². The van der Waals surface area contributed by atoms with Gasteiger partial charge in [0, 0.05) is 24.5 Å². The van der Waals surface area contributed by atoms with Gasteiger partial charge in [0.25, 0.3) is 0 Å². The maximum absolute atomic E-state index is 10.7. The molecule has 4 rings (SSSR count). The van der Waals surface area contributed by atoms with Crippen LogP contribution in [-0.2, 0) is 13.5 Å². The zero-order valence-corrected chi connectivity index (χ0v) is 27.8. The second kappa shape index (κ2) is 13.9. The molecular formula is C31H39Cl2N4O2Ru-. The number of benzene rings is 3. The Morgan fingerprint density at radius 1 is 0.900 bits per heavy atom. The van der Waals surface area contributed by atoms with E-state index in [1.54, 1.807) is 10.7 Å². The second-order valence-electron chi connectivity index (χ2n) is 10.3. The smallest absolute Gasteiger partial charge is 0.0146 e. The first-order valence-electron chi connectivity index (χ1n) is 13.2. The number of anilines is 3. The van der Waals surface area contributed by atoms with E-state index >= 15 is 0 Å². The first-order valence-corrected chi connectivity index (χ1v) is 18.7. The molecule has 1 heterocycles. The first kappa shape index (κ1) is 32.1. The van der Waals surface area contributed by atoms with E-state index < -0.39 is 18.4 Å². The third-order valence-electron chi connectivity index (χ3n) is 7.00. The molecule has 40 heavy (non-hydrogen) atoms. The number of rotatable bonds is 6. The summed E-state index contributed by atoms with van der Waals surface area (Å²) in [6, 6.07) is 13.8. The fourth-order valence-electron chi connectivity index (χ4n) is 5.43. The molecule has 0 bridgehead atoms. The third-order valence-corrected chi connectivity index (χ3v) is 8.83. The Labute approximate surface area is 252 Å². The molecule has 1 saturated heterocycles. The van der Waals surface area contributed by atoms with Gasteiger partial charge in [-0.25, -0.2) is 0 Å². The quantitative estimate of drug-likeness (QED) is 0.115. The van der Waals surface area contributed by atoms with Crippen LogP contribution in [0, 0.1) is 58.3 Å². The molecule has 0 saturated carbocycles. The molecule has 0 radical (unpaired) electrons. The monoisotopic (exact) mass is 671 g/mol. The number of halogens is 2. The van der Waals surface area contributed by atoms with Crippen molar-refractivity contribution >= 4 is 46.7 Å². The Bertz CT molecular complexity index is 1310. The molecule has 0 atom stereocenters. The number of non-ortho nitro benzene ring substituents is 1. The Hall–Kier alpha value is -2.47. The third kappa shape index (κ3) is 7.84. The second-order valence-corrected chi connectivity index (χ2v) is 16.0. The van der Waals surface area contributed by atoms with Crippen LogP contribution in [-0.4, -0.2) is 36.2 Å². The predicted octanol–water partition coefficient (Wildman–Crippen LogP) is 8.11. The average molecular weight is 672 g/mol. The predicted molar refractivity (Wildman–Crippen MR) is 169 cm³/mol. The molecule has 3 aromatic rings. The molecule has 218 valence electrons. The maximum Gasteiger partial charge on any atom is 0.0146 e.